The summed E-state index contributed by atoms with van der Waals surface area (Å²) in [5, 5.41) is 2.50. The van der Waals surface area contributed by atoms with E-state index in [1.54, 1.807) is 0 Å². The number of rotatable bonds is 4. The third kappa shape index (κ3) is 3.40. The van der Waals surface area contributed by atoms with E-state index in [1.807, 2.05) is 32.6 Å². The molecule has 7 nitrogen and oxygen atoms in total. The normalized spacial score (nSPS) is 26.5. The Morgan fingerprint density at radius 3 is 2.55 bits per heavy atom. The summed E-state index contributed by atoms with van der Waals surface area (Å²) >= 11 is 0. The predicted octanol–water partition coefficient (Wildman–Crippen LogP) is 0.734. The maximum Gasteiger partial charge on any atom is 0.326 e. The second-order valence-corrected chi connectivity index (χ2v) is 7.07. The predicted molar refractivity (Wildman–Crippen MR) is 80.2 cm³/mol. The number of likely N-dealkylation sites (tertiary alicyclic amines) is 1. The largest absolute Gasteiger partial charge is 0.459 e. The molecule has 0 spiro atoms. The number of esters is 1. The molecule has 0 aromatic carbocycles. The van der Waals surface area contributed by atoms with Crippen LogP contribution >= 0.6 is 0 Å². The number of urea groups is 1. The number of carbonyl (C=O) groups is 3. The van der Waals surface area contributed by atoms with Crippen LogP contribution in [0.3, 0.4) is 0 Å². The zero-order valence-electron chi connectivity index (χ0n) is 13.8. The molecule has 0 radical (unpaired) electrons. The smallest absolute Gasteiger partial charge is 0.326 e. The summed E-state index contributed by atoms with van der Waals surface area (Å²) < 4.78 is 5.53. The second kappa shape index (κ2) is 5.87. The molecule has 124 valence electrons. The second-order valence-electron chi connectivity index (χ2n) is 7.07. The van der Waals surface area contributed by atoms with E-state index in [4.69, 9.17) is 4.74 Å². The van der Waals surface area contributed by atoms with Gasteiger partial charge in [-0.2, -0.15) is 0 Å². The van der Waals surface area contributed by atoms with Gasteiger partial charge < -0.3 is 10.1 Å². The van der Waals surface area contributed by atoms with Crippen LogP contribution in [0, 0.1) is 0 Å². The Morgan fingerprint density at radius 1 is 1.32 bits per heavy atom. The minimum Gasteiger partial charge on any atom is -0.459 e. The minimum atomic E-state index is -0.688. The van der Waals surface area contributed by atoms with Crippen molar-refractivity contribution >= 4 is 17.9 Å². The fraction of sp³-hybridized carbons (Fsp3) is 0.800. The molecule has 0 unspecified atom stereocenters. The van der Waals surface area contributed by atoms with Gasteiger partial charge in [-0.25, -0.2) is 4.79 Å². The number of amides is 3. The first-order chi connectivity index (χ1) is 10.1. The Morgan fingerprint density at radius 2 is 2.00 bits per heavy atom. The van der Waals surface area contributed by atoms with Crippen LogP contribution in [0.2, 0.25) is 0 Å². The molecule has 0 aromatic heterocycles. The van der Waals surface area contributed by atoms with Gasteiger partial charge >= 0.3 is 12.0 Å². The van der Waals surface area contributed by atoms with E-state index >= 15 is 0 Å². The Labute approximate surface area is 131 Å². The SMILES string of the molecule is CC(C)(C)OC(=O)[C@]1(C)CCCN1CCN1C(=O)CNC1=O. The zero-order valence-corrected chi connectivity index (χ0v) is 13.8. The van der Waals surface area contributed by atoms with Gasteiger partial charge in [-0.1, -0.05) is 0 Å². The van der Waals surface area contributed by atoms with Crippen molar-refractivity contribution in [2.45, 2.75) is 51.7 Å². The topological polar surface area (TPSA) is 79.0 Å². The van der Waals surface area contributed by atoms with Gasteiger partial charge in [0, 0.05) is 13.1 Å². The number of carbonyl (C=O) groups excluding carboxylic acids is 3. The maximum atomic E-state index is 12.5. The molecule has 0 aliphatic carbocycles. The van der Waals surface area contributed by atoms with Gasteiger partial charge in [0.2, 0.25) is 5.91 Å². The van der Waals surface area contributed by atoms with Crippen molar-refractivity contribution in [3.05, 3.63) is 0 Å². The van der Waals surface area contributed by atoms with Gasteiger partial charge in [0.05, 0.1) is 6.54 Å². The molecule has 7 heteroatoms. The van der Waals surface area contributed by atoms with E-state index in [-0.39, 0.29) is 24.5 Å². The molecule has 0 bridgehead atoms. The van der Waals surface area contributed by atoms with Crippen LogP contribution in [0.1, 0.15) is 40.5 Å². The van der Waals surface area contributed by atoms with Gasteiger partial charge in [0.25, 0.3) is 0 Å². The highest BCUT2D eigenvalue weighted by Crippen LogP contribution is 2.31. The molecule has 2 heterocycles. The molecule has 2 rings (SSSR count). The summed E-state index contributed by atoms with van der Waals surface area (Å²) in [7, 11) is 0. The lowest BCUT2D eigenvalue weighted by atomic mass is 9.98. The van der Waals surface area contributed by atoms with Crippen molar-refractivity contribution in [1.82, 2.24) is 15.1 Å². The van der Waals surface area contributed by atoms with E-state index in [1.165, 1.54) is 4.90 Å². The Kier molecular flexibility index (Phi) is 4.47. The van der Waals surface area contributed by atoms with E-state index in [0.717, 1.165) is 19.4 Å². The Bertz CT molecular complexity index is 470. The molecule has 1 atom stereocenters. The van der Waals surface area contributed by atoms with Gasteiger partial charge in [0.1, 0.15) is 11.1 Å². The number of nitrogens with zero attached hydrogens (tertiary/aromatic N) is 2. The molecule has 2 aliphatic rings. The fourth-order valence-electron chi connectivity index (χ4n) is 2.90. The monoisotopic (exact) mass is 311 g/mol. The first kappa shape index (κ1) is 16.7. The number of imide groups is 1. The molecule has 2 aliphatic heterocycles. The molecule has 22 heavy (non-hydrogen) atoms. The van der Waals surface area contributed by atoms with Crippen molar-refractivity contribution in [3.63, 3.8) is 0 Å². The van der Waals surface area contributed by atoms with Crippen molar-refractivity contribution in [2.75, 3.05) is 26.2 Å². The molecule has 0 aromatic rings. The van der Waals surface area contributed by atoms with Crippen LogP contribution in [0.25, 0.3) is 0 Å². The van der Waals surface area contributed by atoms with E-state index < -0.39 is 11.1 Å². The van der Waals surface area contributed by atoms with Crippen LogP contribution in [0.5, 0.6) is 0 Å². The van der Waals surface area contributed by atoms with E-state index in [9.17, 15) is 14.4 Å². The fourth-order valence-corrected chi connectivity index (χ4v) is 2.90. The van der Waals surface area contributed by atoms with Gasteiger partial charge in [-0.3, -0.25) is 19.4 Å². The lowest BCUT2D eigenvalue weighted by molar-refractivity contribution is -0.167. The molecule has 1 N–H and O–H groups in total. The summed E-state index contributed by atoms with van der Waals surface area (Å²) in [6.45, 7) is 9.02. The molecule has 3 amide bonds. The Balaban J connectivity index is 1.99. The summed E-state index contributed by atoms with van der Waals surface area (Å²) in [4.78, 5) is 38.9. The zero-order chi connectivity index (χ0) is 16.5. The van der Waals surface area contributed by atoms with Crippen LogP contribution in [-0.4, -0.2) is 65.0 Å². The third-order valence-electron chi connectivity index (χ3n) is 4.16. The highest BCUT2D eigenvalue weighted by molar-refractivity contribution is 6.01. The molecule has 2 fully saturated rings. The standard InChI is InChI=1S/C15H25N3O4/c1-14(2,3)22-12(20)15(4)6-5-7-17(15)8-9-18-11(19)10-16-13(18)21/h5-10H2,1-4H3,(H,16,21)/t15-/m0/s1. The number of ether oxygens (including phenoxy) is 1. The Hall–Kier alpha value is -1.63. The minimum absolute atomic E-state index is 0.0577. The summed E-state index contributed by atoms with van der Waals surface area (Å²) in [5.41, 5.74) is -1.22. The first-order valence-electron chi connectivity index (χ1n) is 7.70. The van der Waals surface area contributed by atoms with Crippen LogP contribution in [0.15, 0.2) is 0 Å². The van der Waals surface area contributed by atoms with Crippen molar-refractivity contribution in [3.8, 4) is 0 Å². The number of hydrogen-bond acceptors (Lipinski definition) is 5. The quantitative estimate of drug-likeness (QED) is 0.612. The molecule has 0 saturated carbocycles. The molecular formula is C15H25N3O4. The van der Waals surface area contributed by atoms with E-state index in [2.05, 4.69) is 5.32 Å². The summed E-state index contributed by atoms with van der Waals surface area (Å²) in [6, 6.07) is -0.358. The number of nitrogens with one attached hydrogen (secondary N) is 1. The van der Waals surface area contributed by atoms with Gasteiger partial charge in [-0.15, -0.1) is 0 Å². The molecule has 2 saturated heterocycles. The maximum absolute atomic E-state index is 12.5. The average molecular weight is 311 g/mol. The third-order valence-corrected chi connectivity index (χ3v) is 4.16. The molecular weight excluding hydrogens is 286 g/mol. The lowest BCUT2D eigenvalue weighted by Crippen LogP contribution is -2.53. The van der Waals surface area contributed by atoms with Crippen LogP contribution < -0.4 is 5.32 Å². The van der Waals surface area contributed by atoms with Crippen molar-refractivity contribution < 1.29 is 19.1 Å². The average Bonchev–Trinajstić information content (AvgIpc) is 2.91. The highest BCUT2D eigenvalue weighted by atomic mass is 16.6. The van der Waals surface area contributed by atoms with Crippen LogP contribution in [0.4, 0.5) is 4.79 Å². The highest BCUT2D eigenvalue weighted by Gasteiger charge is 2.46. The van der Waals surface area contributed by atoms with Crippen molar-refractivity contribution in [2.24, 2.45) is 0 Å². The first-order valence-corrected chi connectivity index (χ1v) is 7.70. The summed E-state index contributed by atoms with van der Waals surface area (Å²) in [5.74, 6) is -0.460. The van der Waals surface area contributed by atoms with Crippen molar-refractivity contribution in [1.29, 1.82) is 0 Å². The van der Waals surface area contributed by atoms with Gasteiger partial charge in [0.15, 0.2) is 0 Å². The lowest BCUT2D eigenvalue weighted by Gasteiger charge is -2.35. The van der Waals surface area contributed by atoms with E-state index in [0.29, 0.717) is 13.1 Å². The van der Waals surface area contributed by atoms with Crippen LogP contribution in [-0.2, 0) is 14.3 Å². The summed E-state index contributed by atoms with van der Waals surface area (Å²) in [6.07, 6.45) is 1.62. The van der Waals surface area contributed by atoms with Gasteiger partial charge in [-0.05, 0) is 47.1 Å². The number of hydrogen-bond donors (Lipinski definition) is 1.